The molecule has 0 aliphatic rings. The molecule has 0 atom stereocenters. The van der Waals surface area contributed by atoms with E-state index in [4.69, 9.17) is 5.73 Å². The predicted molar refractivity (Wildman–Crippen MR) is 73.4 cm³/mol. The summed E-state index contributed by atoms with van der Waals surface area (Å²) in [6, 6.07) is 12.4. The minimum atomic E-state index is 0.634. The first kappa shape index (κ1) is 12.7. The Balaban J connectivity index is 2.05. The molecule has 0 spiro atoms. The van der Waals surface area contributed by atoms with Crippen LogP contribution in [0.3, 0.4) is 0 Å². The number of rotatable bonds is 5. The van der Waals surface area contributed by atoms with Gasteiger partial charge in [-0.3, -0.25) is 0 Å². The molecule has 0 aliphatic heterocycles. The Bertz CT molecular complexity index is 494. The molecule has 94 valence electrons. The fraction of sp³-hybridized carbons (Fsp3) is 0.333. The van der Waals surface area contributed by atoms with E-state index < -0.39 is 0 Å². The van der Waals surface area contributed by atoms with Gasteiger partial charge in [0.25, 0.3) is 0 Å². The quantitative estimate of drug-likeness (QED) is 0.872. The Morgan fingerprint density at radius 2 is 1.78 bits per heavy atom. The van der Waals surface area contributed by atoms with Crippen LogP contribution < -0.4 is 5.73 Å². The Labute approximate surface area is 108 Å². The molecule has 0 bridgehead atoms. The van der Waals surface area contributed by atoms with Crippen LogP contribution in [0.5, 0.6) is 0 Å². The average molecular weight is 241 g/mol. The van der Waals surface area contributed by atoms with Crippen molar-refractivity contribution in [2.75, 3.05) is 6.54 Å². The number of aryl methyl sites for hydroxylation is 3. The molecule has 0 amide bonds. The lowest BCUT2D eigenvalue weighted by Crippen LogP contribution is -2.08. The van der Waals surface area contributed by atoms with Crippen LogP contribution in [-0.2, 0) is 19.3 Å². The van der Waals surface area contributed by atoms with Crippen molar-refractivity contribution in [1.82, 2.24) is 9.97 Å². The highest BCUT2D eigenvalue weighted by atomic mass is 14.9. The van der Waals surface area contributed by atoms with E-state index in [9.17, 15) is 0 Å². The van der Waals surface area contributed by atoms with Crippen molar-refractivity contribution in [2.24, 2.45) is 5.73 Å². The van der Waals surface area contributed by atoms with E-state index in [1.807, 2.05) is 19.1 Å². The summed E-state index contributed by atoms with van der Waals surface area (Å²) in [4.78, 5) is 9.03. The molecule has 18 heavy (non-hydrogen) atoms. The SMILES string of the molecule is Cc1cc(CCN)nc(CCc2ccccc2)n1. The summed E-state index contributed by atoms with van der Waals surface area (Å²) in [5.41, 5.74) is 8.96. The summed E-state index contributed by atoms with van der Waals surface area (Å²) in [5, 5.41) is 0. The molecule has 1 heterocycles. The van der Waals surface area contributed by atoms with Gasteiger partial charge < -0.3 is 5.73 Å². The van der Waals surface area contributed by atoms with Gasteiger partial charge in [0.05, 0.1) is 0 Å². The largest absolute Gasteiger partial charge is 0.330 e. The van der Waals surface area contributed by atoms with Gasteiger partial charge in [0, 0.05) is 24.2 Å². The van der Waals surface area contributed by atoms with E-state index in [1.54, 1.807) is 0 Å². The van der Waals surface area contributed by atoms with Crippen molar-refractivity contribution in [2.45, 2.75) is 26.2 Å². The third-order valence-electron chi connectivity index (χ3n) is 2.83. The molecule has 0 fully saturated rings. The van der Waals surface area contributed by atoms with Crippen LogP contribution in [0.4, 0.5) is 0 Å². The van der Waals surface area contributed by atoms with Gasteiger partial charge in [-0.1, -0.05) is 30.3 Å². The fourth-order valence-corrected chi connectivity index (χ4v) is 1.99. The fourth-order valence-electron chi connectivity index (χ4n) is 1.99. The Kier molecular flexibility index (Phi) is 4.42. The van der Waals surface area contributed by atoms with Crippen molar-refractivity contribution < 1.29 is 0 Å². The lowest BCUT2D eigenvalue weighted by Gasteiger charge is -2.05. The van der Waals surface area contributed by atoms with E-state index >= 15 is 0 Å². The van der Waals surface area contributed by atoms with Gasteiger partial charge in [-0.15, -0.1) is 0 Å². The number of benzene rings is 1. The maximum atomic E-state index is 5.57. The minimum Gasteiger partial charge on any atom is -0.330 e. The topological polar surface area (TPSA) is 51.8 Å². The maximum absolute atomic E-state index is 5.57. The minimum absolute atomic E-state index is 0.634. The number of hydrogen-bond donors (Lipinski definition) is 1. The standard InChI is InChI=1S/C15H19N3/c1-12-11-14(9-10-16)18-15(17-12)8-7-13-5-3-2-4-6-13/h2-6,11H,7-10,16H2,1H3. The first-order valence-corrected chi connectivity index (χ1v) is 6.35. The Hall–Kier alpha value is -1.74. The summed E-state index contributed by atoms with van der Waals surface area (Å²) >= 11 is 0. The lowest BCUT2D eigenvalue weighted by molar-refractivity contribution is 0.807. The van der Waals surface area contributed by atoms with Gasteiger partial charge in [-0.2, -0.15) is 0 Å². The molecule has 0 unspecified atom stereocenters. The van der Waals surface area contributed by atoms with Crippen LogP contribution in [0.1, 0.15) is 22.8 Å². The highest BCUT2D eigenvalue weighted by molar-refractivity contribution is 5.16. The van der Waals surface area contributed by atoms with Gasteiger partial charge in [-0.05, 0) is 31.5 Å². The first-order valence-electron chi connectivity index (χ1n) is 6.35. The summed E-state index contributed by atoms with van der Waals surface area (Å²) in [6.07, 6.45) is 2.68. The predicted octanol–water partition coefficient (Wildman–Crippen LogP) is 2.07. The van der Waals surface area contributed by atoms with Gasteiger partial charge >= 0.3 is 0 Å². The molecule has 3 heteroatoms. The summed E-state index contributed by atoms with van der Waals surface area (Å²) in [6.45, 7) is 2.64. The Morgan fingerprint density at radius 1 is 1.00 bits per heavy atom. The van der Waals surface area contributed by atoms with Crippen LogP contribution in [0.15, 0.2) is 36.4 Å². The summed E-state index contributed by atoms with van der Waals surface area (Å²) in [5.74, 6) is 0.919. The smallest absolute Gasteiger partial charge is 0.129 e. The van der Waals surface area contributed by atoms with E-state index in [2.05, 4.69) is 34.2 Å². The molecule has 0 radical (unpaired) electrons. The van der Waals surface area contributed by atoms with Gasteiger partial charge in [-0.25, -0.2) is 9.97 Å². The molecule has 0 saturated heterocycles. The number of aromatic nitrogens is 2. The second kappa shape index (κ2) is 6.26. The molecule has 2 aromatic rings. The maximum Gasteiger partial charge on any atom is 0.129 e. The molecular weight excluding hydrogens is 222 g/mol. The zero-order chi connectivity index (χ0) is 12.8. The lowest BCUT2D eigenvalue weighted by atomic mass is 10.1. The molecule has 1 aromatic carbocycles. The molecule has 3 nitrogen and oxygen atoms in total. The van der Waals surface area contributed by atoms with Crippen molar-refractivity contribution in [3.8, 4) is 0 Å². The van der Waals surface area contributed by atoms with Crippen LogP contribution in [-0.4, -0.2) is 16.5 Å². The average Bonchev–Trinajstić information content (AvgIpc) is 2.37. The van der Waals surface area contributed by atoms with Gasteiger partial charge in [0.2, 0.25) is 0 Å². The number of nitrogens with two attached hydrogens (primary N) is 1. The normalized spacial score (nSPS) is 10.6. The monoisotopic (exact) mass is 241 g/mol. The summed E-state index contributed by atoms with van der Waals surface area (Å²) < 4.78 is 0. The van der Waals surface area contributed by atoms with Crippen LogP contribution >= 0.6 is 0 Å². The van der Waals surface area contributed by atoms with Crippen molar-refractivity contribution in [3.63, 3.8) is 0 Å². The zero-order valence-electron chi connectivity index (χ0n) is 10.8. The molecule has 0 saturated carbocycles. The van der Waals surface area contributed by atoms with Crippen molar-refractivity contribution in [3.05, 3.63) is 59.2 Å². The second-order valence-corrected chi connectivity index (χ2v) is 4.44. The van der Waals surface area contributed by atoms with Crippen LogP contribution in [0, 0.1) is 6.92 Å². The van der Waals surface area contributed by atoms with E-state index in [0.29, 0.717) is 6.54 Å². The Morgan fingerprint density at radius 3 is 2.50 bits per heavy atom. The third kappa shape index (κ3) is 3.64. The number of nitrogens with zero attached hydrogens (tertiary/aromatic N) is 2. The first-order chi connectivity index (χ1) is 8.78. The highest BCUT2D eigenvalue weighted by Crippen LogP contribution is 2.06. The van der Waals surface area contributed by atoms with Gasteiger partial charge in [0.1, 0.15) is 5.82 Å². The molecular formula is C15H19N3. The highest BCUT2D eigenvalue weighted by Gasteiger charge is 2.02. The molecule has 2 N–H and O–H groups in total. The van der Waals surface area contributed by atoms with Crippen molar-refractivity contribution >= 4 is 0 Å². The van der Waals surface area contributed by atoms with E-state index in [0.717, 1.165) is 36.5 Å². The third-order valence-corrected chi connectivity index (χ3v) is 2.83. The van der Waals surface area contributed by atoms with E-state index in [-0.39, 0.29) is 0 Å². The zero-order valence-corrected chi connectivity index (χ0v) is 10.8. The second-order valence-electron chi connectivity index (χ2n) is 4.44. The summed E-state index contributed by atoms with van der Waals surface area (Å²) in [7, 11) is 0. The number of hydrogen-bond acceptors (Lipinski definition) is 3. The van der Waals surface area contributed by atoms with Gasteiger partial charge in [0.15, 0.2) is 0 Å². The van der Waals surface area contributed by atoms with E-state index in [1.165, 1.54) is 5.56 Å². The van der Waals surface area contributed by atoms with Crippen LogP contribution in [0.25, 0.3) is 0 Å². The van der Waals surface area contributed by atoms with Crippen LogP contribution in [0.2, 0.25) is 0 Å². The van der Waals surface area contributed by atoms with Crippen molar-refractivity contribution in [1.29, 1.82) is 0 Å². The molecule has 1 aromatic heterocycles. The molecule has 2 rings (SSSR count). The molecule has 0 aliphatic carbocycles.